The molecule has 1 atom stereocenters. The van der Waals surface area contributed by atoms with Crippen molar-refractivity contribution in [3.63, 3.8) is 0 Å². The fraction of sp³-hybridized carbons (Fsp3) is 0.529. The van der Waals surface area contributed by atoms with Gasteiger partial charge in [-0.25, -0.2) is 0 Å². The molecule has 0 bridgehead atoms. The van der Waals surface area contributed by atoms with E-state index in [2.05, 4.69) is 5.32 Å². The average molecular weight is 304 g/mol. The van der Waals surface area contributed by atoms with E-state index in [4.69, 9.17) is 0 Å². The zero-order valence-corrected chi connectivity index (χ0v) is 13.0. The van der Waals surface area contributed by atoms with E-state index in [9.17, 15) is 14.7 Å². The molecular formula is C17H24N2O3. The van der Waals surface area contributed by atoms with Gasteiger partial charge < -0.3 is 15.3 Å². The third-order valence-corrected chi connectivity index (χ3v) is 4.20. The lowest BCUT2D eigenvalue weighted by Gasteiger charge is -2.20. The molecular weight excluding hydrogens is 280 g/mol. The number of rotatable bonds is 6. The molecule has 0 aliphatic heterocycles. The molecule has 0 radical (unpaired) electrons. The van der Waals surface area contributed by atoms with Crippen molar-refractivity contribution in [3.8, 4) is 0 Å². The van der Waals surface area contributed by atoms with Gasteiger partial charge in [-0.3, -0.25) is 9.59 Å². The molecule has 5 nitrogen and oxygen atoms in total. The summed E-state index contributed by atoms with van der Waals surface area (Å²) in [5, 5.41) is 12.7. The number of nitrogens with one attached hydrogen (secondary N) is 1. The summed E-state index contributed by atoms with van der Waals surface area (Å²) in [6.07, 6.45) is 3.89. The Hall–Kier alpha value is -1.88. The molecule has 1 aliphatic carbocycles. The van der Waals surface area contributed by atoms with Gasteiger partial charge in [0.05, 0.1) is 12.6 Å². The van der Waals surface area contributed by atoms with Crippen molar-refractivity contribution in [2.75, 3.05) is 20.1 Å². The third kappa shape index (κ3) is 4.56. The maximum atomic E-state index is 12.1. The highest BCUT2D eigenvalue weighted by Gasteiger charge is 2.23. The van der Waals surface area contributed by atoms with Gasteiger partial charge in [0.25, 0.3) is 5.91 Å². The Labute approximate surface area is 131 Å². The maximum absolute atomic E-state index is 12.1. The summed E-state index contributed by atoms with van der Waals surface area (Å²) in [7, 11) is 1.60. The van der Waals surface area contributed by atoms with E-state index in [1.54, 1.807) is 31.3 Å². The highest BCUT2D eigenvalue weighted by atomic mass is 16.3. The Morgan fingerprint density at radius 2 is 1.91 bits per heavy atom. The van der Waals surface area contributed by atoms with Crippen LogP contribution >= 0.6 is 0 Å². The molecule has 1 saturated carbocycles. The lowest BCUT2D eigenvalue weighted by Crippen LogP contribution is -2.42. The van der Waals surface area contributed by atoms with Crippen molar-refractivity contribution in [1.82, 2.24) is 10.2 Å². The first-order chi connectivity index (χ1) is 10.6. The van der Waals surface area contributed by atoms with E-state index < -0.39 is 6.10 Å². The van der Waals surface area contributed by atoms with E-state index >= 15 is 0 Å². The standard InChI is InChI=1S/C17H24N2O3/c1-19(17(22)14-9-3-2-4-10-14)12-16(21)18-11-15(20)13-7-5-6-8-13/h2-4,9-10,13,15,20H,5-8,11-12H2,1H3,(H,18,21). The molecule has 22 heavy (non-hydrogen) atoms. The maximum Gasteiger partial charge on any atom is 0.254 e. The smallest absolute Gasteiger partial charge is 0.254 e. The summed E-state index contributed by atoms with van der Waals surface area (Å²) in [6.45, 7) is 0.252. The molecule has 0 spiro atoms. The first-order valence-corrected chi connectivity index (χ1v) is 7.83. The van der Waals surface area contributed by atoms with Gasteiger partial charge in [0, 0.05) is 19.2 Å². The topological polar surface area (TPSA) is 69.6 Å². The van der Waals surface area contributed by atoms with E-state index in [-0.39, 0.29) is 24.9 Å². The minimum atomic E-state index is -0.485. The molecule has 0 heterocycles. The summed E-state index contributed by atoms with van der Waals surface area (Å²) in [5.41, 5.74) is 0.559. The minimum absolute atomic E-state index is 0.00882. The van der Waals surface area contributed by atoms with Crippen molar-refractivity contribution >= 4 is 11.8 Å². The monoisotopic (exact) mass is 304 g/mol. The number of nitrogens with zero attached hydrogens (tertiary/aromatic N) is 1. The van der Waals surface area contributed by atoms with Crippen molar-refractivity contribution in [2.45, 2.75) is 31.8 Å². The minimum Gasteiger partial charge on any atom is -0.391 e. The lowest BCUT2D eigenvalue weighted by atomic mass is 10.0. The molecule has 120 valence electrons. The normalized spacial score (nSPS) is 16.3. The highest BCUT2D eigenvalue weighted by Crippen LogP contribution is 2.27. The predicted octanol–water partition coefficient (Wildman–Crippen LogP) is 1.43. The second kappa shape index (κ2) is 7.94. The number of carbonyl (C=O) groups excluding carboxylic acids is 2. The van der Waals surface area contributed by atoms with E-state index in [1.165, 1.54) is 4.90 Å². The number of likely N-dealkylation sites (N-methyl/N-ethyl adjacent to an activating group) is 1. The van der Waals surface area contributed by atoms with Gasteiger partial charge in [-0.1, -0.05) is 31.0 Å². The van der Waals surface area contributed by atoms with Gasteiger partial charge in [0.15, 0.2) is 0 Å². The Kier molecular flexibility index (Phi) is 5.95. The van der Waals surface area contributed by atoms with Crippen LogP contribution in [0.4, 0.5) is 0 Å². The number of hydrogen-bond acceptors (Lipinski definition) is 3. The van der Waals surface area contributed by atoms with Gasteiger partial charge in [0.2, 0.25) is 5.91 Å². The van der Waals surface area contributed by atoms with Gasteiger partial charge >= 0.3 is 0 Å². The molecule has 0 saturated heterocycles. The lowest BCUT2D eigenvalue weighted by molar-refractivity contribution is -0.122. The van der Waals surface area contributed by atoms with Crippen LogP contribution in [0.25, 0.3) is 0 Å². The molecule has 2 rings (SSSR count). The number of hydrogen-bond donors (Lipinski definition) is 2. The summed E-state index contributed by atoms with van der Waals surface area (Å²) in [6, 6.07) is 8.87. The Bertz CT molecular complexity index is 498. The number of carbonyl (C=O) groups is 2. The molecule has 2 N–H and O–H groups in total. The second-order valence-corrected chi connectivity index (χ2v) is 5.94. The quantitative estimate of drug-likeness (QED) is 0.835. The van der Waals surface area contributed by atoms with Gasteiger partial charge in [-0.05, 0) is 30.9 Å². The zero-order chi connectivity index (χ0) is 15.9. The first kappa shape index (κ1) is 16.5. The first-order valence-electron chi connectivity index (χ1n) is 7.83. The number of amides is 2. The second-order valence-electron chi connectivity index (χ2n) is 5.94. The zero-order valence-electron chi connectivity index (χ0n) is 13.0. The highest BCUT2D eigenvalue weighted by molar-refractivity contribution is 5.96. The fourth-order valence-electron chi connectivity index (χ4n) is 2.87. The molecule has 5 heteroatoms. The van der Waals surface area contributed by atoms with Gasteiger partial charge in [-0.2, -0.15) is 0 Å². The summed E-state index contributed by atoms with van der Waals surface area (Å²) in [4.78, 5) is 25.4. The van der Waals surface area contributed by atoms with Crippen LogP contribution in [0.1, 0.15) is 36.0 Å². The Morgan fingerprint density at radius 3 is 2.55 bits per heavy atom. The molecule has 1 fully saturated rings. The predicted molar refractivity (Wildman–Crippen MR) is 84.4 cm³/mol. The molecule has 2 amide bonds. The third-order valence-electron chi connectivity index (χ3n) is 4.20. The number of aliphatic hydroxyl groups is 1. The van der Waals surface area contributed by atoms with Crippen molar-refractivity contribution in [3.05, 3.63) is 35.9 Å². The van der Waals surface area contributed by atoms with Crippen molar-refractivity contribution < 1.29 is 14.7 Å². The fourth-order valence-corrected chi connectivity index (χ4v) is 2.87. The van der Waals surface area contributed by atoms with Crippen LogP contribution in [0.15, 0.2) is 30.3 Å². The van der Waals surface area contributed by atoms with E-state index in [0.717, 1.165) is 25.7 Å². The van der Waals surface area contributed by atoms with Crippen LogP contribution in [-0.2, 0) is 4.79 Å². The van der Waals surface area contributed by atoms with E-state index in [1.807, 2.05) is 6.07 Å². The molecule has 1 unspecified atom stereocenters. The molecule has 1 aliphatic rings. The molecule has 1 aromatic carbocycles. The summed E-state index contributed by atoms with van der Waals surface area (Å²) in [5.74, 6) is -0.139. The summed E-state index contributed by atoms with van der Waals surface area (Å²) < 4.78 is 0. The van der Waals surface area contributed by atoms with Crippen molar-refractivity contribution in [2.24, 2.45) is 5.92 Å². The summed E-state index contributed by atoms with van der Waals surface area (Å²) >= 11 is 0. The van der Waals surface area contributed by atoms with Crippen LogP contribution in [-0.4, -0.2) is 48.1 Å². The number of aliphatic hydroxyl groups excluding tert-OH is 1. The van der Waals surface area contributed by atoms with Gasteiger partial charge in [0.1, 0.15) is 0 Å². The largest absolute Gasteiger partial charge is 0.391 e. The van der Waals surface area contributed by atoms with Crippen LogP contribution in [0.2, 0.25) is 0 Å². The molecule has 1 aromatic rings. The Balaban J connectivity index is 1.75. The number of benzene rings is 1. The van der Waals surface area contributed by atoms with Crippen LogP contribution in [0, 0.1) is 5.92 Å². The Morgan fingerprint density at radius 1 is 1.27 bits per heavy atom. The average Bonchev–Trinajstić information content (AvgIpc) is 3.07. The van der Waals surface area contributed by atoms with E-state index in [0.29, 0.717) is 11.5 Å². The molecule has 0 aromatic heterocycles. The SMILES string of the molecule is CN(CC(=O)NCC(O)C1CCCC1)C(=O)c1ccccc1. The van der Waals surface area contributed by atoms with Crippen LogP contribution < -0.4 is 5.32 Å². The van der Waals surface area contributed by atoms with Crippen LogP contribution in [0.5, 0.6) is 0 Å². The van der Waals surface area contributed by atoms with Gasteiger partial charge in [-0.15, -0.1) is 0 Å². The van der Waals surface area contributed by atoms with Crippen LogP contribution in [0.3, 0.4) is 0 Å². The van der Waals surface area contributed by atoms with Crippen molar-refractivity contribution in [1.29, 1.82) is 0 Å².